The highest BCUT2D eigenvalue weighted by Gasteiger charge is 2.06. The van der Waals surface area contributed by atoms with Gasteiger partial charge in [0, 0.05) is 0 Å². The molecule has 1 nitrogen and oxygen atoms in total. The van der Waals surface area contributed by atoms with Gasteiger partial charge < -0.3 is 4.80 Å². The molecule has 66 valence electrons. The molecular formula is C11H12OSi. The number of hydrogen-bond acceptors (Lipinski definition) is 1. The fourth-order valence-corrected chi connectivity index (χ4v) is 2.72. The first-order valence-electron chi connectivity index (χ1n) is 4.45. The van der Waals surface area contributed by atoms with Crippen molar-refractivity contribution in [3.63, 3.8) is 0 Å². The van der Waals surface area contributed by atoms with E-state index in [9.17, 15) is 4.80 Å². The summed E-state index contributed by atoms with van der Waals surface area (Å²) >= 11 is 0. The molecule has 0 amide bonds. The van der Waals surface area contributed by atoms with E-state index < -0.39 is 9.04 Å². The van der Waals surface area contributed by atoms with Crippen LogP contribution in [0.15, 0.2) is 42.5 Å². The molecule has 0 aliphatic heterocycles. The second kappa shape index (κ2) is 3.32. The molecule has 0 bridgehead atoms. The van der Waals surface area contributed by atoms with E-state index in [1.54, 1.807) is 0 Å². The van der Waals surface area contributed by atoms with E-state index in [-0.39, 0.29) is 0 Å². The van der Waals surface area contributed by atoms with Crippen molar-refractivity contribution < 1.29 is 4.80 Å². The van der Waals surface area contributed by atoms with Gasteiger partial charge in [-0.2, -0.15) is 0 Å². The Bertz CT molecular complexity index is 418. The van der Waals surface area contributed by atoms with Crippen LogP contribution in [0.25, 0.3) is 10.8 Å². The molecule has 2 rings (SSSR count). The number of fused-ring (bicyclic) bond motifs is 1. The highest BCUT2D eigenvalue weighted by atomic mass is 28.3. The molecule has 2 aromatic rings. The van der Waals surface area contributed by atoms with Crippen molar-refractivity contribution >= 4 is 25.0 Å². The lowest BCUT2D eigenvalue weighted by Crippen LogP contribution is -2.26. The van der Waals surface area contributed by atoms with E-state index in [1.165, 1.54) is 10.8 Å². The third-order valence-electron chi connectivity index (χ3n) is 2.27. The van der Waals surface area contributed by atoms with Gasteiger partial charge in [-0.05, 0) is 22.5 Å². The minimum Gasteiger partial charge on any atom is -0.431 e. The minimum atomic E-state index is -1.68. The zero-order valence-corrected chi connectivity index (χ0v) is 8.72. The molecule has 0 saturated heterocycles. The first-order valence-corrected chi connectivity index (χ1v) is 6.69. The van der Waals surface area contributed by atoms with Gasteiger partial charge in [-0.15, -0.1) is 0 Å². The van der Waals surface area contributed by atoms with E-state index in [0.29, 0.717) is 0 Å². The third-order valence-corrected chi connectivity index (χ3v) is 3.68. The number of benzene rings is 2. The molecule has 2 aromatic carbocycles. The first kappa shape index (κ1) is 8.47. The summed E-state index contributed by atoms with van der Waals surface area (Å²) in [6, 6.07) is 14.3. The van der Waals surface area contributed by atoms with E-state index in [0.717, 1.165) is 5.19 Å². The highest BCUT2D eigenvalue weighted by Crippen LogP contribution is 2.10. The molecule has 1 N–H and O–H groups in total. The molecule has 0 aromatic heterocycles. The van der Waals surface area contributed by atoms with E-state index >= 15 is 0 Å². The Hall–Kier alpha value is -1.12. The van der Waals surface area contributed by atoms with Crippen LogP contribution in [0, 0.1) is 0 Å². The van der Waals surface area contributed by atoms with Crippen LogP contribution in [-0.4, -0.2) is 13.8 Å². The predicted molar refractivity (Wildman–Crippen MR) is 58.8 cm³/mol. The molecule has 0 saturated carbocycles. The molecule has 0 heterocycles. The van der Waals surface area contributed by atoms with Crippen molar-refractivity contribution in [1.82, 2.24) is 0 Å². The third kappa shape index (κ3) is 1.50. The van der Waals surface area contributed by atoms with Gasteiger partial charge in [0.15, 0.2) is 0 Å². The van der Waals surface area contributed by atoms with Crippen LogP contribution >= 0.6 is 0 Å². The quantitative estimate of drug-likeness (QED) is 0.671. The second-order valence-corrected chi connectivity index (χ2v) is 5.22. The fraction of sp³-hybridized carbons (Fsp3) is 0.0909. The van der Waals surface area contributed by atoms with Crippen molar-refractivity contribution in [2.45, 2.75) is 6.55 Å². The second-order valence-electron chi connectivity index (χ2n) is 3.24. The van der Waals surface area contributed by atoms with Crippen LogP contribution < -0.4 is 5.19 Å². The van der Waals surface area contributed by atoms with Crippen LogP contribution in [0.5, 0.6) is 0 Å². The summed E-state index contributed by atoms with van der Waals surface area (Å²) in [5.41, 5.74) is 0. The summed E-state index contributed by atoms with van der Waals surface area (Å²) in [7, 11) is -1.68. The molecule has 2 heteroatoms. The van der Waals surface area contributed by atoms with Gasteiger partial charge in [0.25, 0.3) is 0 Å². The Balaban J connectivity index is 2.76. The smallest absolute Gasteiger partial charge is 0.201 e. The van der Waals surface area contributed by atoms with Gasteiger partial charge in [0.2, 0.25) is 9.04 Å². The summed E-state index contributed by atoms with van der Waals surface area (Å²) in [5.74, 6) is 0. The molecular weight excluding hydrogens is 176 g/mol. The molecule has 1 unspecified atom stereocenters. The monoisotopic (exact) mass is 188 g/mol. The van der Waals surface area contributed by atoms with Crippen molar-refractivity contribution in [3.05, 3.63) is 42.5 Å². The molecule has 0 radical (unpaired) electrons. The van der Waals surface area contributed by atoms with E-state index in [4.69, 9.17) is 0 Å². The van der Waals surface area contributed by atoms with Crippen LogP contribution in [0.1, 0.15) is 0 Å². The molecule has 0 fully saturated rings. The molecule has 0 spiro atoms. The average Bonchev–Trinajstić information content (AvgIpc) is 2.17. The van der Waals surface area contributed by atoms with Gasteiger partial charge >= 0.3 is 0 Å². The summed E-state index contributed by atoms with van der Waals surface area (Å²) in [5, 5.41) is 3.55. The fourth-order valence-electron chi connectivity index (χ4n) is 1.61. The Kier molecular flexibility index (Phi) is 2.16. The summed E-state index contributed by atoms with van der Waals surface area (Å²) in [4.78, 5) is 9.66. The highest BCUT2D eigenvalue weighted by molar-refractivity contribution is 6.67. The van der Waals surface area contributed by atoms with Crippen molar-refractivity contribution in [1.29, 1.82) is 0 Å². The Morgan fingerprint density at radius 3 is 2.46 bits per heavy atom. The normalized spacial score (nSPS) is 13.1. The van der Waals surface area contributed by atoms with Crippen LogP contribution in [0.4, 0.5) is 0 Å². The van der Waals surface area contributed by atoms with Gasteiger partial charge in [-0.3, -0.25) is 0 Å². The SMILES string of the molecule is C[SiH](O)c1cccc2ccccc12. The molecule has 0 aliphatic carbocycles. The van der Waals surface area contributed by atoms with Crippen molar-refractivity contribution in [2.24, 2.45) is 0 Å². The molecule has 0 aliphatic rings. The Morgan fingerprint density at radius 2 is 1.69 bits per heavy atom. The Labute approximate surface area is 79.4 Å². The predicted octanol–water partition coefficient (Wildman–Crippen LogP) is 1.39. The summed E-state index contributed by atoms with van der Waals surface area (Å²) < 4.78 is 0. The van der Waals surface area contributed by atoms with Crippen LogP contribution in [-0.2, 0) is 0 Å². The standard InChI is InChI=1S/C11H12OSi/c1-13(12)11-8-4-6-9-5-2-3-7-10(9)11/h2-8,12-13H,1H3. The lowest BCUT2D eigenvalue weighted by Gasteiger charge is -2.06. The zero-order chi connectivity index (χ0) is 9.26. The molecule has 13 heavy (non-hydrogen) atoms. The van der Waals surface area contributed by atoms with Gasteiger partial charge in [0.1, 0.15) is 0 Å². The number of hydrogen-bond donors (Lipinski definition) is 1. The zero-order valence-electron chi connectivity index (χ0n) is 7.57. The Morgan fingerprint density at radius 1 is 1.00 bits per heavy atom. The topological polar surface area (TPSA) is 20.2 Å². The van der Waals surface area contributed by atoms with Crippen molar-refractivity contribution in [3.8, 4) is 0 Å². The summed E-state index contributed by atoms with van der Waals surface area (Å²) in [6.07, 6.45) is 0. The van der Waals surface area contributed by atoms with Gasteiger partial charge in [0.05, 0.1) is 0 Å². The van der Waals surface area contributed by atoms with E-state index in [1.807, 2.05) is 30.8 Å². The average molecular weight is 188 g/mol. The lowest BCUT2D eigenvalue weighted by atomic mass is 10.1. The van der Waals surface area contributed by atoms with Crippen molar-refractivity contribution in [2.75, 3.05) is 0 Å². The van der Waals surface area contributed by atoms with Gasteiger partial charge in [-0.25, -0.2) is 0 Å². The summed E-state index contributed by atoms with van der Waals surface area (Å²) in [6.45, 7) is 1.93. The number of rotatable bonds is 1. The minimum absolute atomic E-state index is 1.14. The first-order chi connectivity index (χ1) is 6.29. The maximum absolute atomic E-state index is 9.66. The molecule has 1 atom stereocenters. The maximum atomic E-state index is 9.66. The van der Waals surface area contributed by atoms with Crippen LogP contribution in [0.3, 0.4) is 0 Å². The van der Waals surface area contributed by atoms with Gasteiger partial charge in [-0.1, -0.05) is 42.5 Å². The van der Waals surface area contributed by atoms with Crippen LogP contribution in [0.2, 0.25) is 6.55 Å². The van der Waals surface area contributed by atoms with E-state index in [2.05, 4.69) is 18.2 Å². The largest absolute Gasteiger partial charge is 0.431 e. The lowest BCUT2D eigenvalue weighted by molar-refractivity contribution is 0.594. The maximum Gasteiger partial charge on any atom is 0.201 e.